The number of rotatable bonds is 9. The molecule has 0 radical (unpaired) electrons. The molecule has 2 rings (SSSR count). The van der Waals surface area contributed by atoms with Crippen molar-refractivity contribution < 1.29 is 33.3 Å². The maximum Gasteiger partial charge on any atom is 0.311 e. The number of benzene rings is 1. The Kier molecular flexibility index (Phi) is 7.89. The van der Waals surface area contributed by atoms with Crippen LogP contribution in [0, 0.1) is 5.92 Å². The Morgan fingerprint density at radius 3 is 2.57 bits per heavy atom. The Hall–Kier alpha value is -2.52. The Morgan fingerprint density at radius 1 is 1.21 bits per heavy atom. The summed E-state index contributed by atoms with van der Waals surface area (Å²) in [7, 11) is 4.44. The van der Waals surface area contributed by atoms with Gasteiger partial charge in [-0.15, -0.1) is 0 Å². The van der Waals surface area contributed by atoms with Gasteiger partial charge in [0.25, 0.3) is 5.91 Å². The van der Waals surface area contributed by atoms with E-state index in [0.717, 1.165) is 0 Å². The minimum Gasteiger partial charge on any atom is -0.495 e. The first kappa shape index (κ1) is 21.8. The van der Waals surface area contributed by atoms with Crippen molar-refractivity contribution in [3.8, 4) is 11.5 Å². The first-order chi connectivity index (χ1) is 13.4. The summed E-state index contributed by atoms with van der Waals surface area (Å²) >= 11 is 6.16. The van der Waals surface area contributed by atoms with Gasteiger partial charge in [-0.05, 0) is 6.07 Å². The van der Waals surface area contributed by atoms with E-state index < -0.39 is 24.4 Å². The van der Waals surface area contributed by atoms with Gasteiger partial charge in [0.05, 0.1) is 37.5 Å². The molecular weight excluding hydrogens is 392 g/mol. The van der Waals surface area contributed by atoms with Gasteiger partial charge in [0.15, 0.2) is 6.61 Å². The van der Waals surface area contributed by atoms with Crippen LogP contribution in [0.15, 0.2) is 12.1 Å². The Morgan fingerprint density at radius 2 is 1.93 bits per heavy atom. The van der Waals surface area contributed by atoms with E-state index in [0.29, 0.717) is 35.4 Å². The predicted molar refractivity (Wildman–Crippen MR) is 101 cm³/mol. The standard InChI is InChI=1S/C18H23ClN2O7/c1-25-5-4-20-16(22)10-28-18(24)11-6-17(23)21(9-11)13-7-12(19)14(26-2)8-15(13)27-3/h7-8,11H,4-6,9-10H2,1-3H3,(H,20,22)/t11-/m0/s1. The first-order valence-electron chi connectivity index (χ1n) is 8.55. The third kappa shape index (κ3) is 5.26. The molecule has 1 aliphatic heterocycles. The third-order valence-corrected chi connectivity index (χ3v) is 4.47. The quantitative estimate of drug-likeness (QED) is 0.475. The number of amides is 2. The fourth-order valence-corrected chi connectivity index (χ4v) is 2.99. The van der Waals surface area contributed by atoms with Crippen LogP contribution in [0.25, 0.3) is 0 Å². The van der Waals surface area contributed by atoms with Gasteiger partial charge in [-0.2, -0.15) is 0 Å². The molecule has 1 saturated heterocycles. The second kappa shape index (κ2) is 10.1. The van der Waals surface area contributed by atoms with Gasteiger partial charge in [0.2, 0.25) is 5.91 Å². The van der Waals surface area contributed by atoms with E-state index >= 15 is 0 Å². The van der Waals surface area contributed by atoms with E-state index in [4.69, 9.17) is 30.5 Å². The van der Waals surface area contributed by atoms with Crippen LogP contribution in [0.2, 0.25) is 5.02 Å². The molecule has 1 N–H and O–H groups in total. The van der Waals surface area contributed by atoms with Crippen molar-refractivity contribution in [1.82, 2.24) is 5.32 Å². The van der Waals surface area contributed by atoms with E-state index in [1.807, 2.05) is 0 Å². The minimum absolute atomic E-state index is 0.0308. The van der Waals surface area contributed by atoms with Crippen LogP contribution in [-0.2, 0) is 23.9 Å². The van der Waals surface area contributed by atoms with Crippen molar-refractivity contribution in [2.24, 2.45) is 5.92 Å². The van der Waals surface area contributed by atoms with E-state index in [1.54, 1.807) is 12.1 Å². The number of halogens is 1. The lowest BCUT2D eigenvalue weighted by atomic mass is 10.1. The van der Waals surface area contributed by atoms with Crippen LogP contribution in [-0.4, -0.2) is 65.4 Å². The second-order valence-electron chi connectivity index (χ2n) is 6.01. The molecule has 0 spiro atoms. The van der Waals surface area contributed by atoms with Crippen LogP contribution in [0.4, 0.5) is 5.69 Å². The molecule has 1 aromatic rings. The van der Waals surface area contributed by atoms with Gasteiger partial charge < -0.3 is 29.2 Å². The summed E-state index contributed by atoms with van der Waals surface area (Å²) in [5.74, 6) is -1.21. The molecule has 10 heteroatoms. The van der Waals surface area contributed by atoms with Gasteiger partial charge in [-0.3, -0.25) is 14.4 Å². The average molecular weight is 415 g/mol. The van der Waals surface area contributed by atoms with Crippen LogP contribution < -0.4 is 19.7 Å². The number of carbonyl (C=O) groups excluding carboxylic acids is 3. The molecule has 154 valence electrons. The molecule has 1 atom stereocenters. The lowest BCUT2D eigenvalue weighted by molar-refractivity contribution is -0.152. The number of methoxy groups -OCH3 is 3. The van der Waals surface area contributed by atoms with Gasteiger partial charge in [-0.25, -0.2) is 0 Å². The molecule has 0 unspecified atom stereocenters. The van der Waals surface area contributed by atoms with Gasteiger partial charge in [-0.1, -0.05) is 11.6 Å². The SMILES string of the molecule is COCCNC(=O)COC(=O)[C@H]1CC(=O)N(c2cc(Cl)c(OC)cc2OC)C1. The highest BCUT2D eigenvalue weighted by Gasteiger charge is 2.37. The van der Waals surface area contributed by atoms with Gasteiger partial charge >= 0.3 is 5.97 Å². The fourth-order valence-electron chi connectivity index (χ4n) is 2.75. The van der Waals surface area contributed by atoms with Crippen LogP contribution >= 0.6 is 11.6 Å². The predicted octanol–water partition coefficient (Wildman–Crippen LogP) is 1.02. The molecule has 28 heavy (non-hydrogen) atoms. The summed E-state index contributed by atoms with van der Waals surface area (Å²) < 4.78 is 20.3. The monoisotopic (exact) mass is 414 g/mol. The molecule has 2 amide bonds. The van der Waals surface area contributed by atoms with Crippen molar-refractivity contribution in [2.75, 3.05) is 52.5 Å². The van der Waals surface area contributed by atoms with Crippen molar-refractivity contribution in [1.29, 1.82) is 0 Å². The molecule has 1 aliphatic rings. The molecule has 1 heterocycles. The largest absolute Gasteiger partial charge is 0.495 e. The molecule has 9 nitrogen and oxygen atoms in total. The van der Waals surface area contributed by atoms with Crippen molar-refractivity contribution in [3.05, 3.63) is 17.2 Å². The Labute approximate surface area is 167 Å². The van der Waals surface area contributed by atoms with Crippen LogP contribution in [0.3, 0.4) is 0 Å². The van der Waals surface area contributed by atoms with Crippen molar-refractivity contribution >= 4 is 35.1 Å². The number of ether oxygens (including phenoxy) is 4. The number of esters is 1. The third-order valence-electron chi connectivity index (χ3n) is 4.18. The van der Waals surface area contributed by atoms with E-state index in [9.17, 15) is 14.4 Å². The summed E-state index contributed by atoms with van der Waals surface area (Å²) in [6, 6.07) is 3.12. The Bertz CT molecular complexity index is 741. The van der Waals surface area contributed by atoms with Crippen molar-refractivity contribution in [2.45, 2.75) is 6.42 Å². The molecule has 0 aromatic heterocycles. The zero-order valence-corrected chi connectivity index (χ0v) is 16.7. The topological polar surface area (TPSA) is 103 Å². The van der Waals surface area contributed by atoms with E-state index in [2.05, 4.69) is 5.32 Å². The summed E-state index contributed by atoms with van der Waals surface area (Å²) in [6.45, 7) is 0.367. The number of carbonyl (C=O) groups is 3. The smallest absolute Gasteiger partial charge is 0.311 e. The fraction of sp³-hybridized carbons (Fsp3) is 0.500. The van der Waals surface area contributed by atoms with E-state index in [1.165, 1.54) is 26.2 Å². The normalized spacial score (nSPS) is 16.1. The number of hydrogen-bond acceptors (Lipinski definition) is 7. The van der Waals surface area contributed by atoms with Crippen LogP contribution in [0.1, 0.15) is 6.42 Å². The zero-order chi connectivity index (χ0) is 20.7. The number of hydrogen-bond donors (Lipinski definition) is 1. The maximum atomic E-state index is 12.4. The lowest BCUT2D eigenvalue weighted by Gasteiger charge is -2.20. The minimum atomic E-state index is -0.690. The highest BCUT2D eigenvalue weighted by molar-refractivity contribution is 6.32. The Balaban J connectivity index is 2.00. The number of anilines is 1. The summed E-state index contributed by atoms with van der Waals surface area (Å²) in [5, 5.41) is 2.85. The molecule has 1 fully saturated rings. The van der Waals surface area contributed by atoms with Gasteiger partial charge in [0, 0.05) is 32.7 Å². The van der Waals surface area contributed by atoms with Crippen LogP contribution in [0.5, 0.6) is 11.5 Å². The zero-order valence-electron chi connectivity index (χ0n) is 16.0. The average Bonchev–Trinajstić information content (AvgIpc) is 3.07. The summed E-state index contributed by atoms with van der Waals surface area (Å²) in [4.78, 5) is 37.7. The maximum absolute atomic E-state index is 12.4. The van der Waals surface area contributed by atoms with Gasteiger partial charge in [0.1, 0.15) is 11.5 Å². The highest BCUT2D eigenvalue weighted by Crippen LogP contribution is 2.40. The lowest BCUT2D eigenvalue weighted by Crippen LogP contribution is -2.33. The summed E-state index contributed by atoms with van der Waals surface area (Å²) in [5.41, 5.74) is 0.436. The first-order valence-corrected chi connectivity index (χ1v) is 8.93. The van der Waals surface area contributed by atoms with Crippen molar-refractivity contribution in [3.63, 3.8) is 0 Å². The molecule has 0 saturated carbocycles. The second-order valence-corrected chi connectivity index (χ2v) is 6.42. The summed E-state index contributed by atoms with van der Waals surface area (Å²) in [6.07, 6.45) is -0.0308. The van der Waals surface area contributed by atoms with E-state index in [-0.39, 0.29) is 18.9 Å². The molecule has 0 bridgehead atoms. The number of nitrogens with zero attached hydrogens (tertiary/aromatic N) is 1. The highest BCUT2D eigenvalue weighted by atomic mass is 35.5. The molecule has 0 aliphatic carbocycles. The number of nitrogens with one attached hydrogen (secondary N) is 1. The molecule has 1 aromatic carbocycles. The molecular formula is C18H23ClN2O7.